The van der Waals surface area contributed by atoms with Gasteiger partial charge in [0.25, 0.3) is 0 Å². The topological polar surface area (TPSA) is 12.0 Å². The Kier molecular flexibility index (Phi) is 3.62. The Labute approximate surface area is 121 Å². The molecule has 0 saturated heterocycles. The minimum absolute atomic E-state index is 0.166. The van der Waals surface area contributed by atoms with Crippen molar-refractivity contribution in [1.29, 1.82) is 0 Å². The first-order chi connectivity index (χ1) is 10.0. The van der Waals surface area contributed by atoms with Crippen LogP contribution in [0.5, 0.6) is 0 Å². The summed E-state index contributed by atoms with van der Waals surface area (Å²) in [5, 5.41) is 3.06. The van der Waals surface area contributed by atoms with Gasteiger partial charge >= 0.3 is 0 Å². The molecule has 0 atom stereocenters. The number of benzene rings is 2. The highest BCUT2D eigenvalue weighted by molar-refractivity contribution is 5.46. The van der Waals surface area contributed by atoms with Gasteiger partial charge in [-0.25, -0.2) is 13.2 Å². The minimum Gasteiger partial charge on any atom is -0.382 e. The molecule has 2 aromatic carbocycles. The van der Waals surface area contributed by atoms with Gasteiger partial charge in [0.2, 0.25) is 0 Å². The molecular formula is C17H16F3N. The number of halogens is 3. The summed E-state index contributed by atoms with van der Waals surface area (Å²) in [7, 11) is 0. The summed E-state index contributed by atoms with van der Waals surface area (Å²) in [6.45, 7) is 2.08. The van der Waals surface area contributed by atoms with Gasteiger partial charge in [0.1, 0.15) is 0 Å². The number of hydrogen-bond donors (Lipinski definition) is 1. The molecule has 1 aliphatic rings. The van der Waals surface area contributed by atoms with Crippen LogP contribution < -0.4 is 5.32 Å². The fourth-order valence-corrected chi connectivity index (χ4v) is 2.91. The first-order valence-electron chi connectivity index (χ1n) is 7.01. The van der Waals surface area contributed by atoms with Gasteiger partial charge < -0.3 is 5.32 Å². The lowest BCUT2D eigenvalue weighted by Crippen LogP contribution is -2.34. The van der Waals surface area contributed by atoms with Crippen molar-refractivity contribution in [2.45, 2.75) is 31.7 Å². The molecule has 0 bridgehead atoms. The SMILES string of the molecule is Cc1ccccc1C1CC(Nc2cc(F)c(F)c(F)c2)C1. The average molecular weight is 291 g/mol. The van der Waals surface area contributed by atoms with Gasteiger partial charge in [0, 0.05) is 23.9 Å². The maximum Gasteiger partial charge on any atom is 0.194 e. The van der Waals surface area contributed by atoms with Crippen molar-refractivity contribution in [3.63, 3.8) is 0 Å². The van der Waals surface area contributed by atoms with Crippen molar-refractivity contribution >= 4 is 5.69 Å². The molecule has 0 spiro atoms. The van der Waals surface area contributed by atoms with Gasteiger partial charge in [0.05, 0.1) is 0 Å². The van der Waals surface area contributed by atoms with Crippen LogP contribution in [0.4, 0.5) is 18.9 Å². The average Bonchev–Trinajstić information content (AvgIpc) is 2.41. The van der Waals surface area contributed by atoms with E-state index in [0.717, 1.165) is 25.0 Å². The van der Waals surface area contributed by atoms with E-state index in [2.05, 4.69) is 24.4 Å². The largest absolute Gasteiger partial charge is 0.382 e. The number of nitrogens with one attached hydrogen (secondary N) is 1. The van der Waals surface area contributed by atoms with Crippen molar-refractivity contribution in [3.8, 4) is 0 Å². The normalized spacial score (nSPS) is 21.0. The van der Waals surface area contributed by atoms with Crippen LogP contribution in [0.1, 0.15) is 29.9 Å². The van der Waals surface area contributed by atoms with Gasteiger partial charge in [-0.05, 0) is 36.8 Å². The molecule has 0 amide bonds. The predicted octanol–water partition coefficient (Wildman–Crippen LogP) is 4.77. The Morgan fingerprint density at radius 1 is 1.00 bits per heavy atom. The molecule has 1 fully saturated rings. The van der Waals surface area contributed by atoms with E-state index in [-0.39, 0.29) is 6.04 Å². The Morgan fingerprint density at radius 3 is 2.24 bits per heavy atom. The summed E-state index contributed by atoms with van der Waals surface area (Å²) in [5.74, 6) is -3.27. The van der Waals surface area contributed by atoms with Crippen LogP contribution >= 0.6 is 0 Å². The highest BCUT2D eigenvalue weighted by Crippen LogP contribution is 2.39. The third kappa shape index (κ3) is 2.75. The highest BCUT2D eigenvalue weighted by Gasteiger charge is 2.31. The number of hydrogen-bond acceptors (Lipinski definition) is 1. The van der Waals surface area contributed by atoms with Crippen molar-refractivity contribution in [2.24, 2.45) is 0 Å². The summed E-state index contributed by atoms with van der Waals surface area (Å²) in [5.41, 5.74) is 2.88. The van der Waals surface area contributed by atoms with E-state index in [0.29, 0.717) is 11.6 Å². The van der Waals surface area contributed by atoms with Gasteiger partial charge in [-0.1, -0.05) is 24.3 Å². The standard InChI is InChI=1S/C17H16F3N/c1-10-4-2-3-5-14(10)11-6-12(7-11)21-13-8-15(18)17(20)16(19)9-13/h2-5,8-9,11-12,21H,6-7H2,1H3. The van der Waals surface area contributed by atoms with E-state index in [9.17, 15) is 13.2 Å². The van der Waals surface area contributed by atoms with E-state index in [4.69, 9.17) is 0 Å². The molecule has 21 heavy (non-hydrogen) atoms. The maximum atomic E-state index is 13.2. The third-order valence-electron chi connectivity index (χ3n) is 4.12. The Balaban J connectivity index is 1.64. The quantitative estimate of drug-likeness (QED) is 0.803. The molecule has 3 rings (SSSR count). The molecule has 0 aliphatic heterocycles. The lowest BCUT2D eigenvalue weighted by atomic mass is 9.74. The zero-order valence-electron chi connectivity index (χ0n) is 11.7. The van der Waals surface area contributed by atoms with Gasteiger partial charge in [-0.15, -0.1) is 0 Å². The molecule has 0 unspecified atom stereocenters. The zero-order valence-corrected chi connectivity index (χ0v) is 11.7. The summed E-state index contributed by atoms with van der Waals surface area (Å²) in [6.07, 6.45) is 1.82. The molecule has 1 aliphatic carbocycles. The van der Waals surface area contributed by atoms with E-state index < -0.39 is 17.5 Å². The van der Waals surface area contributed by atoms with Crippen molar-refractivity contribution in [2.75, 3.05) is 5.32 Å². The molecule has 110 valence electrons. The van der Waals surface area contributed by atoms with Crippen LogP contribution in [0.2, 0.25) is 0 Å². The van der Waals surface area contributed by atoms with Crippen molar-refractivity contribution in [3.05, 3.63) is 65.0 Å². The Bertz CT molecular complexity index is 640. The Hall–Kier alpha value is -1.97. The molecule has 4 heteroatoms. The fraction of sp³-hybridized carbons (Fsp3) is 0.294. The maximum absolute atomic E-state index is 13.2. The number of rotatable bonds is 3. The smallest absolute Gasteiger partial charge is 0.194 e. The van der Waals surface area contributed by atoms with Crippen LogP contribution in [0.3, 0.4) is 0 Å². The first-order valence-corrected chi connectivity index (χ1v) is 7.01. The second-order valence-electron chi connectivity index (χ2n) is 5.62. The molecule has 1 nitrogen and oxygen atoms in total. The van der Waals surface area contributed by atoms with Crippen molar-refractivity contribution < 1.29 is 13.2 Å². The van der Waals surface area contributed by atoms with Crippen LogP contribution in [0.15, 0.2) is 36.4 Å². The lowest BCUT2D eigenvalue weighted by molar-refractivity contribution is 0.372. The number of aryl methyl sites for hydroxylation is 1. The summed E-state index contributed by atoms with van der Waals surface area (Å²) in [4.78, 5) is 0. The van der Waals surface area contributed by atoms with Gasteiger partial charge in [-0.3, -0.25) is 0 Å². The van der Waals surface area contributed by atoms with Crippen LogP contribution in [-0.2, 0) is 0 Å². The third-order valence-corrected chi connectivity index (χ3v) is 4.12. The minimum atomic E-state index is -1.42. The highest BCUT2D eigenvalue weighted by atomic mass is 19.2. The van der Waals surface area contributed by atoms with Crippen molar-refractivity contribution in [1.82, 2.24) is 0 Å². The lowest BCUT2D eigenvalue weighted by Gasteiger charge is -2.37. The molecule has 2 aromatic rings. The molecule has 0 aromatic heterocycles. The summed E-state index contributed by atoms with van der Waals surface area (Å²) in [6, 6.07) is 10.4. The monoisotopic (exact) mass is 291 g/mol. The molecule has 1 saturated carbocycles. The second-order valence-corrected chi connectivity index (χ2v) is 5.62. The molecular weight excluding hydrogens is 275 g/mol. The van der Waals surface area contributed by atoms with Gasteiger partial charge in [-0.2, -0.15) is 0 Å². The molecule has 1 N–H and O–H groups in total. The number of anilines is 1. The van der Waals surface area contributed by atoms with Crippen LogP contribution in [-0.4, -0.2) is 6.04 Å². The van der Waals surface area contributed by atoms with Crippen LogP contribution in [0.25, 0.3) is 0 Å². The van der Waals surface area contributed by atoms with E-state index in [1.165, 1.54) is 11.1 Å². The second kappa shape index (κ2) is 5.43. The predicted molar refractivity (Wildman–Crippen MR) is 76.9 cm³/mol. The van der Waals surface area contributed by atoms with Crippen LogP contribution in [0, 0.1) is 24.4 Å². The van der Waals surface area contributed by atoms with E-state index >= 15 is 0 Å². The van der Waals surface area contributed by atoms with E-state index in [1.807, 2.05) is 12.1 Å². The fourth-order valence-electron chi connectivity index (χ4n) is 2.91. The molecule has 0 heterocycles. The first kappa shape index (κ1) is 14.0. The van der Waals surface area contributed by atoms with E-state index in [1.54, 1.807) is 0 Å². The Morgan fingerprint density at radius 2 is 1.62 bits per heavy atom. The summed E-state index contributed by atoms with van der Waals surface area (Å²) < 4.78 is 39.2. The van der Waals surface area contributed by atoms with Gasteiger partial charge in [0.15, 0.2) is 17.5 Å². The molecule has 0 radical (unpaired) electrons. The zero-order chi connectivity index (χ0) is 15.0. The summed E-state index contributed by atoms with van der Waals surface area (Å²) >= 11 is 0.